The summed E-state index contributed by atoms with van der Waals surface area (Å²) in [6.07, 6.45) is -0.0127. The number of aromatic nitrogens is 6. The van der Waals surface area contributed by atoms with Gasteiger partial charge in [0.1, 0.15) is 22.7 Å². The summed E-state index contributed by atoms with van der Waals surface area (Å²) in [7, 11) is 0. The maximum atomic E-state index is 14.3. The van der Waals surface area contributed by atoms with E-state index >= 15 is 0 Å². The van der Waals surface area contributed by atoms with E-state index in [1.54, 1.807) is 23.7 Å². The van der Waals surface area contributed by atoms with Gasteiger partial charge >= 0.3 is 6.18 Å². The van der Waals surface area contributed by atoms with E-state index in [0.29, 0.717) is 53.8 Å². The molecule has 2 N–H and O–H groups in total. The zero-order valence-corrected chi connectivity index (χ0v) is 22.5. The SMILES string of the molecule is Cc1noc(C)c1-c1ccc2c(-c3nc(N[C@H]4CC[C@H](C)NC4)ncc3C(F)(F)F)nn(C3CCCCO3)c2n1. The van der Waals surface area contributed by atoms with Crippen LogP contribution in [0.3, 0.4) is 0 Å². The number of alkyl halides is 3. The summed E-state index contributed by atoms with van der Waals surface area (Å²) in [6, 6.07) is 3.87. The minimum atomic E-state index is -4.68. The number of fused-ring (bicyclic) bond motifs is 1. The first-order valence-electron chi connectivity index (χ1n) is 13.6. The Morgan fingerprint density at radius 1 is 1.07 bits per heavy atom. The Morgan fingerprint density at radius 2 is 1.93 bits per heavy atom. The van der Waals surface area contributed by atoms with Gasteiger partial charge in [0, 0.05) is 36.8 Å². The minimum Gasteiger partial charge on any atom is -0.361 e. The highest BCUT2D eigenvalue weighted by molar-refractivity contribution is 5.92. The Balaban J connectivity index is 1.50. The molecule has 0 spiro atoms. The molecule has 0 aromatic carbocycles. The highest BCUT2D eigenvalue weighted by atomic mass is 19.4. The van der Waals surface area contributed by atoms with E-state index in [4.69, 9.17) is 14.2 Å². The molecule has 4 aromatic rings. The summed E-state index contributed by atoms with van der Waals surface area (Å²) in [5.41, 5.74) is 1.23. The van der Waals surface area contributed by atoms with Crippen LogP contribution in [0.2, 0.25) is 0 Å². The van der Waals surface area contributed by atoms with Crippen LogP contribution in [-0.4, -0.2) is 55.1 Å². The number of pyridine rings is 1. The van der Waals surface area contributed by atoms with Crippen molar-refractivity contribution < 1.29 is 22.4 Å². The first kappa shape index (κ1) is 26.6. The topological polar surface area (TPSA) is 116 Å². The molecule has 2 saturated heterocycles. The number of ether oxygens (including phenoxy) is 1. The monoisotopic (exact) mass is 556 g/mol. The molecule has 1 unspecified atom stereocenters. The lowest BCUT2D eigenvalue weighted by Gasteiger charge is -2.28. The summed E-state index contributed by atoms with van der Waals surface area (Å²) in [5, 5.41) is 15.7. The van der Waals surface area contributed by atoms with Gasteiger partial charge in [0.2, 0.25) is 5.95 Å². The van der Waals surface area contributed by atoms with Crippen molar-refractivity contribution >= 4 is 17.0 Å². The van der Waals surface area contributed by atoms with E-state index in [2.05, 4.69) is 37.8 Å². The quantitative estimate of drug-likeness (QED) is 0.332. The standard InChI is InChI=1S/C27H31F3N8O2/c1-14-7-8-17(12-31-14)33-26-32-13-19(27(28,29)30)24(35-26)23-18-9-10-20(22-15(2)37-40-16(22)3)34-25(18)38(36-23)21-6-4-5-11-39-21/h9-10,13-14,17,21,31H,4-8,11-12H2,1-3H3,(H,32,33,35)/t14-,17-,21?/m0/s1. The third-order valence-electron chi connectivity index (χ3n) is 7.59. The molecule has 0 bridgehead atoms. The van der Waals surface area contributed by atoms with Crippen molar-refractivity contribution in [2.75, 3.05) is 18.5 Å². The third-order valence-corrected chi connectivity index (χ3v) is 7.59. The lowest BCUT2D eigenvalue weighted by molar-refractivity contribution is -0.137. The number of hydrogen-bond acceptors (Lipinski definition) is 9. The average Bonchev–Trinajstić information content (AvgIpc) is 3.48. The fourth-order valence-corrected chi connectivity index (χ4v) is 5.44. The van der Waals surface area contributed by atoms with Crippen LogP contribution in [0.15, 0.2) is 22.9 Å². The van der Waals surface area contributed by atoms with E-state index in [1.165, 1.54) is 0 Å². The van der Waals surface area contributed by atoms with Crippen molar-refractivity contribution in [3.8, 4) is 22.6 Å². The van der Waals surface area contributed by atoms with Crippen molar-refractivity contribution in [2.24, 2.45) is 0 Å². The van der Waals surface area contributed by atoms with Crippen molar-refractivity contribution in [2.45, 2.75) is 77.4 Å². The molecule has 40 heavy (non-hydrogen) atoms. The second kappa shape index (κ2) is 10.4. The van der Waals surface area contributed by atoms with Crippen molar-refractivity contribution in [1.82, 2.24) is 35.2 Å². The number of nitrogens with zero attached hydrogens (tertiary/aromatic N) is 6. The molecule has 2 fully saturated rings. The van der Waals surface area contributed by atoms with Crippen LogP contribution < -0.4 is 10.6 Å². The maximum Gasteiger partial charge on any atom is 0.420 e. The first-order valence-corrected chi connectivity index (χ1v) is 13.6. The smallest absolute Gasteiger partial charge is 0.361 e. The molecule has 212 valence electrons. The van der Waals surface area contributed by atoms with Crippen LogP contribution in [0.25, 0.3) is 33.7 Å². The van der Waals surface area contributed by atoms with Crippen LogP contribution >= 0.6 is 0 Å². The molecule has 0 radical (unpaired) electrons. The van der Waals surface area contributed by atoms with E-state index in [0.717, 1.165) is 37.4 Å². The Labute approximate surface area is 228 Å². The van der Waals surface area contributed by atoms with E-state index in [1.807, 2.05) is 6.92 Å². The minimum absolute atomic E-state index is 0.00463. The Kier molecular flexibility index (Phi) is 6.95. The molecule has 0 saturated carbocycles. The van der Waals surface area contributed by atoms with Crippen LogP contribution in [0.1, 0.15) is 62.3 Å². The molecule has 4 aromatic heterocycles. The van der Waals surface area contributed by atoms with Gasteiger partial charge in [-0.15, -0.1) is 0 Å². The third kappa shape index (κ3) is 5.03. The number of hydrogen-bond donors (Lipinski definition) is 2. The normalized spacial score (nSPS) is 22.1. The predicted octanol–water partition coefficient (Wildman–Crippen LogP) is 5.43. The number of anilines is 1. The van der Waals surface area contributed by atoms with Crippen LogP contribution in [0, 0.1) is 13.8 Å². The van der Waals surface area contributed by atoms with Gasteiger partial charge in [-0.25, -0.2) is 19.6 Å². The molecule has 0 amide bonds. The highest BCUT2D eigenvalue weighted by Crippen LogP contribution is 2.40. The van der Waals surface area contributed by atoms with Gasteiger partial charge < -0.3 is 19.9 Å². The Bertz CT molecular complexity index is 1500. The second-order valence-electron chi connectivity index (χ2n) is 10.6. The van der Waals surface area contributed by atoms with Crippen LogP contribution in [0.5, 0.6) is 0 Å². The molecule has 6 heterocycles. The van der Waals surface area contributed by atoms with Gasteiger partial charge in [-0.2, -0.15) is 18.3 Å². The number of rotatable bonds is 5. The number of nitrogens with one attached hydrogen (secondary N) is 2. The molecule has 13 heteroatoms. The summed E-state index contributed by atoms with van der Waals surface area (Å²) >= 11 is 0. The fraction of sp³-hybridized carbons (Fsp3) is 0.519. The van der Waals surface area contributed by atoms with E-state index < -0.39 is 18.0 Å². The van der Waals surface area contributed by atoms with Crippen molar-refractivity contribution in [1.29, 1.82) is 0 Å². The fourth-order valence-electron chi connectivity index (χ4n) is 5.44. The zero-order chi connectivity index (χ0) is 28.0. The molecule has 3 atom stereocenters. The number of halogens is 3. The molecule has 2 aliphatic rings. The lowest BCUT2D eigenvalue weighted by Crippen LogP contribution is -2.43. The van der Waals surface area contributed by atoms with Gasteiger partial charge in [0.05, 0.1) is 17.0 Å². The number of piperidine rings is 1. The summed E-state index contributed by atoms with van der Waals surface area (Å²) in [4.78, 5) is 13.3. The van der Waals surface area contributed by atoms with Crippen molar-refractivity contribution in [3.63, 3.8) is 0 Å². The van der Waals surface area contributed by atoms with Gasteiger partial charge in [-0.3, -0.25) is 0 Å². The molecular formula is C27H31F3N8O2. The summed E-state index contributed by atoms with van der Waals surface area (Å²) in [5.74, 6) is 0.725. The average molecular weight is 557 g/mol. The van der Waals surface area contributed by atoms with Gasteiger partial charge in [-0.1, -0.05) is 5.16 Å². The molecule has 6 rings (SSSR count). The zero-order valence-electron chi connectivity index (χ0n) is 22.5. The largest absolute Gasteiger partial charge is 0.420 e. The maximum absolute atomic E-state index is 14.3. The summed E-state index contributed by atoms with van der Waals surface area (Å²) < 4.78 is 55.7. The molecule has 10 nitrogen and oxygen atoms in total. The Hall–Kier alpha value is -3.58. The van der Waals surface area contributed by atoms with Gasteiger partial charge in [-0.05, 0) is 65.0 Å². The number of aryl methyl sites for hydroxylation is 2. The highest BCUT2D eigenvalue weighted by Gasteiger charge is 2.38. The van der Waals surface area contributed by atoms with Gasteiger partial charge in [0.25, 0.3) is 0 Å². The van der Waals surface area contributed by atoms with Crippen LogP contribution in [0.4, 0.5) is 19.1 Å². The molecule has 2 aliphatic heterocycles. The predicted molar refractivity (Wildman–Crippen MR) is 141 cm³/mol. The van der Waals surface area contributed by atoms with E-state index in [9.17, 15) is 13.2 Å². The first-order chi connectivity index (χ1) is 19.2. The summed E-state index contributed by atoms with van der Waals surface area (Å²) in [6.45, 7) is 6.92. The lowest BCUT2D eigenvalue weighted by atomic mass is 10.0. The van der Waals surface area contributed by atoms with Crippen molar-refractivity contribution in [3.05, 3.63) is 35.3 Å². The molecular weight excluding hydrogens is 525 g/mol. The molecule has 0 aliphatic carbocycles. The van der Waals surface area contributed by atoms with E-state index in [-0.39, 0.29) is 23.4 Å². The Morgan fingerprint density at radius 3 is 2.60 bits per heavy atom. The van der Waals surface area contributed by atoms with Crippen LogP contribution in [-0.2, 0) is 10.9 Å². The second-order valence-corrected chi connectivity index (χ2v) is 10.6. The van der Waals surface area contributed by atoms with Gasteiger partial charge in [0.15, 0.2) is 11.9 Å².